The first kappa shape index (κ1) is 12.7. The summed E-state index contributed by atoms with van der Waals surface area (Å²) >= 11 is 0. The Morgan fingerprint density at radius 1 is 1.27 bits per heavy atom. The van der Waals surface area contributed by atoms with Gasteiger partial charge in [-0.15, -0.1) is 0 Å². The number of para-hydroxylation sites is 1. The van der Waals surface area contributed by atoms with Crippen molar-refractivity contribution >= 4 is 16.7 Å². The molecular weight excluding hydrogens is 276 g/mol. The standard InChI is InChI=1S/C17H20N4O/c1-20-14-5-3-2-4-12(14)10-15(20)16-18-17(22-19-16)11-21-8-6-13(17)7-9-21/h2-5,10,13H,6-9,11H2,1H3,(H,18,19)/t17-/m1/s1. The van der Waals surface area contributed by atoms with Gasteiger partial charge in [-0.1, -0.05) is 18.2 Å². The van der Waals surface area contributed by atoms with E-state index in [1.807, 2.05) is 0 Å². The van der Waals surface area contributed by atoms with Gasteiger partial charge in [-0.25, -0.2) is 15.3 Å². The van der Waals surface area contributed by atoms with Gasteiger partial charge in [-0.3, -0.25) is 4.90 Å². The number of fused-ring (bicyclic) bond motifs is 3. The number of nitrogens with zero attached hydrogens (tertiary/aromatic N) is 3. The lowest BCUT2D eigenvalue weighted by Crippen LogP contribution is -2.58. The highest BCUT2D eigenvalue weighted by Crippen LogP contribution is 2.41. The molecule has 5 nitrogen and oxygen atoms in total. The van der Waals surface area contributed by atoms with Crippen molar-refractivity contribution in [3.8, 4) is 0 Å². The maximum Gasteiger partial charge on any atom is 0.202 e. The van der Waals surface area contributed by atoms with Crippen LogP contribution in [0.4, 0.5) is 0 Å². The van der Waals surface area contributed by atoms with Crippen LogP contribution in [0, 0.1) is 5.92 Å². The largest absolute Gasteiger partial charge is 0.341 e. The van der Waals surface area contributed by atoms with E-state index in [9.17, 15) is 0 Å². The Kier molecular flexibility index (Phi) is 2.50. The van der Waals surface area contributed by atoms with Gasteiger partial charge in [0, 0.05) is 23.9 Å². The minimum absolute atomic E-state index is 0.373. The summed E-state index contributed by atoms with van der Waals surface area (Å²) in [5.41, 5.74) is 5.06. The van der Waals surface area contributed by atoms with E-state index in [4.69, 9.17) is 9.83 Å². The monoisotopic (exact) mass is 296 g/mol. The lowest BCUT2D eigenvalue weighted by atomic mass is 9.81. The van der Waals surface area contributed by atoms with Crippen LogP contribution in [0.25, 0.3) is 10.9 Å². The first-order chi connectivity index (χ1) is 10.8. The highest BCUT2D eigenvalue weighted by molar-refractivity contribution is 6.02. The zero-order valence-corrected chi connectivity index (χ0v) is 12.7. The molecule has 2 aromatic rings. The van der Waals surface area contributed by atoms with Crippen molar-refractivity contribution in [1.82, 2.24) is 14.9 Å². The van der Waals surface area contributed by atoms with Crippen LogP contribution in [0.15, 0.2) is 35.3 Å². The number of rotatable bonds is 1. The molecule has 5 heterocycles. The molecule has 2 bridgehead atoms. The van der Waals surface area contributed by atoms with E-state index < -0.39 is 0 Å². The van der Waals surface area contributed by atoms with Gasteiger partial charge in [0.15, 0.2) is 5.84 Å². The van der Waals surface area contributed by atoms with Crippen molar-refractivity contribution in [2.45, 2.75) is 18.6 Å². The smallest absolute Gasteiger partial charge is 0.202 e. The molecule has 6 rings (SSSR count). The number of piperidine rings is 3. The van der Waals surface area contributed by atoms with E-state index in [0.717, 1.165) is 18.1 Å². The Bertz CT molecular complexity index is 772. The number of benzene rings is 1. The van der Waals surface area contributed by atoms with E-state index in [-0.39, 0.29) is 5.72 Å². The van der Waals surface area contributed by atoms with Crippen molar-refractivity contribution in [3.05, 3.63) is 36.0 Å². The topological polar surface area (TPSA) is 41.8 Å². The van der Waals surface area contributed by atoms with Crippen LogP contribution in [0.5, 0.6) is 0 Å². The van der Waals surface area contributed by atoms with Gasteiger partial charge >= 0.3 is 0 Å². The molecule has 114 valence electrons. The third-order valence-electron chi connectivity index (χ3n) is 5.50. The van der Waals surface area contributed by atoms with Gasteiger partial charge in [0.1, 0.15) is 0 Å². The van der Waals surface area contributed by atoms with Crippen LogP contribution in [0.3, 0.4) is 0 Å². The molecule has 0 unspecified atom stereocenters. The molecule has 0 aliphatic carbocycles. The van der Waals surface area contributed by atoms with Crippen LogP contribution in [-0.4, -0.2) is 40.7 Å². The van der Waals surface area contributed by atoms with Gasteiger partial charge < -0.3 is 4.57 Å². The summed E-state index contributed by atoms with van der Waals surface area (Å²) in [5.74, 6) is 1.41. The van der Waals surface area contributed by atoms with Gasteiger partial charge in [0.05, 0.1) is 12.2 Å². The van der Waals surface area contributed by atoms with Crippen molar-refractivity contribution < 1.29 is 4.84 Å². The van der Waals surface area contributed by atoms with Crippen LogP contribution in [-0.2, 0) is 11.9 Å². The molecule has 5 heteroatoms. The van der Waals surface area contributed by atoms with Crippen molar-refractivity contribution in [1.29, 1.82) is 0 Å². The zero-order valence-electron chi connectivity index (χ0n) is 12.7. The molecule has 4 aliphatic heterocycles. The second-order valence-electron chi connectivity index (χ2n) is 6.71. The molecule has 1 atom stereocenters. The fourth-order valence-electron chi connectivity index (χ4n) is 4.23. The summed E-state index contributed by atoms with van der Waals surface area (Å²) in [6.45, 7) is 3.29. The molecule has 3 saturated heterocycles. The number of hydroxylamine groups is 1. The minimum atomic E-state index is -0.373. The molecule has 1 aromatic heterocycles. The summed E-state index contributed by atoms with van der Waals surface area (Å²) in [4.78, 5) is 13.5. The van der Waals surface area contributed by atoms with Gasteiger partial charge in [-0.05, 0) is 38.1 Å². The predicted molar refractivity (Wildman–Crippen MR) is 85.6 cm³/mol. The van der Waals surface area contributed by atoms with Gasteiger partial charge in [-0.2, -0.15) is 0 Å². The van der Waals surface area contributed by atoms with Crippen LogP contribution in [0.2, 0.25) is 0 Å². The lowest BCUT2D eigenvalue weighted by Gasteiger charge is -2.47. The Morgan fingerprint density at radius 3 is 2.82 bits per heavy atom. The SMILES string of the molecule is Cn1c(C2=N[C@]3(CN4CCC3CC4)ON2)cc2ccccc21. The first-order valence-electron chi connectivity index (χ1n) is 8.06. The normalized spacial score (nSPS) is 33.4. The van der Waals surface area contributed by atoms with E-state index in [2.05, 4.69) is 52.3 Å². The number of amidine groups is 1. The summed E-state index contributed by atoms with van der Waals surface area (Å²) < 4.78 is 2.19. The summed E-state index contributed by atoms with van der Waals surface area (Å²) in [6, 6.07) is 10.6. The molecule has 1 aromatic carbocycles. The van der Waals surface area contributed by atoms with Gasteiger partial charge in [0.2, 0.25) is 5.72 Å². The maximum absolute atomic E-state index is 6.02. The zero-order chi connectivity index (χ0) is 14.7. The van der Waals surface area contributed by atoms with Crippen LogP contribution >= 0.6 is 0 Å². The maximum atomic E-state index is 6.02. The van der Waals surface area contributed by atoms with Gasteiger partial charge in [0.25, 0.3) is 0 Å². The van der Waals surface area contributed by atoms with E-state index in [0.29, 0.717) is 5.92 Å². The Labute approximate surface area is 129 Å². The molecule has 4 aliphatic rings. The first-order valence-corrected chi connectivity index (χ1v) is 8.06. The molecule has 1 spiro atoms. The number of hydrogen-bond donors (Lipinski definition) is 1. The number of nitrogens with one attached hydrogen (secondary N) is 1. The molecular formula is C17H20N4O. The van der Waals surface area contributed by atoms with Crippen molar-refractivity contribution in [2.75, 3.05) is 19.6 Å². The molecule has 0 radical (unpaired) electrons. The predicted octanol–water partition coefficient (Wildman–Crippen LogP) is 1.88. The molecule has 3 fully saturated rings. The average Bonchev–Trinajstić information content (AvgIpc) is 3.11. The number of aryl methyl sites for hydroxylation is 1. The van der Waals surface area contributed by atoms with E-state index in [1.165, 1.54) is 36.8 Å². The number of aromatic nitrogens is 1. The quantitative estimate of drug-likeness (QED) is 0.873. The fourth-order valence-corrected chi connectivity index (χ4v) is 4.23. The molecule has 0 amide bonds. The number of hydrogen-bond acceptors (Lipinski definition) is 4. The van der Waals surface area contributed by atoms with Crippen LogP contribution in [0.1, 0.15) is 18.5 Å². The van der Waals surface area contributed by atoms with Crippen molar-refractivity contribution in [2.24, 2.45) is 18.0 Å². The van der Waals surface area contributed by atoms with E-state index >= 15 is 0 Å². The van der Waals surface area contributed by atoms with E-state index in [1.54, 1.807) is 0 Å². The Balaban J connectivity index is 1.58. The summed E-state index contributed by atoms with van der Waals surface area (Å²) in [5, 5.41) is 1.24. The summed E-state index contributed by atoms with van der Waals surface area (Å²) in [7, 11) is 2.09. The highest BCUT2D eigenvalue weighted by atomic mass is 16.7. The second-order valence-corrected chi connectivity index (χ2v) is 6.71. The van der Waals surface area contributed by atoms with Crippen LogP contribution < -0.4 is 5.48 Å². The number of aliphatic imine (C=N–C) groups is 1. The third-order valence-corrected chi connectivity index (χ3v) is 5.50. The minimum Gasteiger partial charge on any atom is -0.341 e. The molecule has 0 saturated carbocycles. The molecule has 22 heavy (non-hydrogen) atoms. The fraction of sp³-hybridized carbons (Fsp3) is 0.471. The average molecular weight is 296 g/mol. The Hall–Kier alpha value is -1.85. The van der Waals surface area contributed by atoms with Crippen molar-refractivity contribution in [3.63, 3.8) is 0 Å². The second kappa shape index (κ2) is 4.33. The third kappa shape index (κ3) is 1.63. The molecule has 1 N–H and O–H groups in total. The highest BCUT2D eigenvalue weighted by Gasteiger charge is 2.51. The lowest BCUT2D eigenvalue weighted by molar-refractivity contribution is -0.155. The Morgan fingerprint density at radius 2 is 2.09 bits per heavy atom. The summed E-state index contributed by atoms with van der Waals surface area (Å²) in [6.07, 6.45) is 2.38.